The van der Waals surface area contributed by atoms with E-state index in [1.165, 1.54) is 0 Å². The fourth-order valence-corrected chi connectivity index (χ4v) is 2.20. The third-order valence-electron chi connectivity index (χ3n) is 1.53. The van der Waals surface area contributed by atoms with Crippen LogP contribution in [0.2, 0.25) is 5.02 Å². The lowest BCUT2D eigenvalue weighted by Crippen LogP contribution is -1.90. The Morgan fingerprint density at radius 1 is 0.846 bits per heavy atom. The SMILES string of the molecule is Clc1c(C(Cl)Cl)cccc1C(Cl)Cl. The van der Waals surface area contributed by atoms with E-state index in [-0.39, 0.29) is 0 Å². The van der Waals surface area contributed by atoms with Gasteiger partial charge in [0.05, 0.1) is 5.02 Å². The summed E-state index contributed by atoms with van der Waals surface area (Å²) < 4.78 is 0. The van der Waals surface area contributed by atoms with Crippen LogP contribution in [0, 0.1) is 0 Å². The molecule has 0 nitrogen and oxygen atoms in total. The highest BCUT2D eigenvalue weighted by atomic mass is 35.5. The molecule has 0 atom stereocenters. The Morgan fingerprint density at radius 3 is 1.54 bits per heavy atom. The van der Waals surface area contributed by atoms with Gasteiger partial charge in [0.15, 0.2) is 0 Å². The molecule has 72 valence electrons. The van der Waals surface area contributed by atoms with E-state index >= 15 is 0 Å². The number of rotatable bonds is 2. The van der Waals surface area contributed by atoms with Gasteiger partial charge in [0, 0.05) is 11.1 Å². The zero-order valence-electron chi connectivity index (χ0n) is 6.28. The van der Waals surface area contributed by atoms with Gasteiger partial charge in [-0.05, 0) is 0 Å². The molecular formula is C8H5Cl5. The average molecular weight is 278 g/mol. The molecule has 0 amide bonds. The molecule has 0 saturated heterocycles. The molecule has 1 aromatic carbocycles. The van der Waals surface area contributed by atoms with Gasteiger partial charge in [-0.3, -0.25) is 0 Å². The number of halogens is 5. The second-order valence-electron chi connectivity index (χ2n) is 2.35. The summed E-state index contributed by atoms with van der Waals surface area (Å²) in [6, 6.07) is 5.21. The van der Waals surface area contributed by atoms with E-state index in [1.54, 1.807) is 18.2 Å². The zero-order valence-corrected chi connectivity index (χ0v) is 10.1. The van der Waals surface area contributed by atoms with Crippen molar-refractivity contribution in [2.24, 2.45) is 0 Å². The zero-order chi connectivity index (χ0) is 10.0. The Labute approximate surface area is 102 Å². The van der Waals surface area contributed by atoms with Gasteiger partial charge in [-0.1, -0.05) is 29.8 Å². The molecule has 0 saturated carbocycles. The molecule has 13 heavy (non-hydrogen) atoms. The van der Waals surface area contributed by atoms with Crippen molar-refractivity contribution in [1.82, 2.24) is 0 Å². The predicted molar refractivity (Wildman–Crippen MR) is 60.3 cm³/mol. The lowest BCUT2D eigenvalue weighted by molar-refractivity contribution is 1.27. The summed E-state index contributed by atoms with van der Waals surface area (Å²) in [5, 5.41) is 0.424. The maximum atomic E-state index is 5.96. The highest BCUT2D eigenvalue weighted by molar-refractivity contribution is 6.47. The molecule has 0 heterocycles. The summed E-state index contributed by atoms with van der Waals surface area (Å²) in [6.07, 6.45) is 0. The van der Waals surface area contributed by atoms with E-state index in [2.05, 4.69) is 0 Å². The van der Waals surface area contributed by atoms with Crippen LogP contribution >= 0.6 is 58.0 Å². The fourth-order valence-electron chi connectivity index (χ4n) is 0.906. The molecule has 0 aromatic heterocycles. The van der Waals surface area contributed by atoms with Gasteiger partial charge in [-0.25, -0.2) is 0 Å². The van der Waals surface area contributed by atoms with E-state index in [1.807, 2.05) is 0 Å². The van der Waals surface area contributed by atoms with Crippen molar-refractivity contribution in [3.8, 4) is 0 Å². The summed E-state index contributed by atoms with van der Waals surface area (Å²) in [5.41, 5.74) is 1.24. The molecule has 5 heteroatoms. The van der Waals surface area contributed by atoms with Crippen LogP contribution in [0.25, 0.3) is 0 Å². The van der Waals surface area contributed by atoms with Crippen LogP contribution < -0.4 is 0 Å². The first-order valence-electron chi connectivity index (χ1n) is 3.38. The van der Waals surface area contributed by atoms with Crippen molar-refractivity contribution in [2.75, 3.05) is 0 Å². The molecule has 0 aliphatic carbocycles. The Bertz CT molecular complexity index is 268. The van der Waals surface area contributed by atoms with E-state index in [9.17, 15) is 0 Å². The molecule has 0 unspecified atom stereocenters. The normalized spacial score (nSPS) is 11.3. The van der Waals surface area contributed by atoms with Crippen LogP contribution in [0.15, 0.2) is 18.2 Å². The van der Waals surface area contributed by atoms with Crippen molar-refractivity contribution in [1.29, 1.82) is 0 Å². The number of benzene rings is 1. The van der Waals surface area contributed by atoms with Gasteiger partial charge in [0.1, 0.15) is 9.67 Å². The van der Waals surface area contributed by atoms with Crippen molar-refractivity contribution in [3.05, 3.63) is 34.3 Å². The molecule has 0 fully saturated rings. The third kappa shape index (κ3) is 2.81. The summed E-state index contributed by atoms with van der Waals surface area (Å²) in [5.74, 6) is 0. The fraction of sp³-hybridized carbons (Fsp3) is 0.250. The Morgan fingerprint density at radius 2 is 1.23 bits per heavy atom. The number of hydrogen-bond acceptors (Lipinski definition) is 0. The maximum absolute atomic E-state index is 5.96. The summed E-state index contributed by atoms with van der Waals surface area (Å²) >= 11 is 28.7. The van der Waals surface area contributed by atoms with Crippen LogP contribution in [-0.4, -0.2) is 0 Å². The minimum absolute atomic E-state index is 0.424. The number of alkyl halides is 4. The average Bonchev–Trinajstić information content (AvgIpc) is 2.03. The summed E-state index contributed by atoms with van der Waals surface area (Å²) in [4.78, 5) is -1.33. The van der Waals surface area contributed by atoms with Crippen molar-refractivity contribution in [2.45, 2.75) is 9.67 Å². The van der Waals surface area contributed by atoms with Gasteiger partial charge < -0.3 is 0 Å². The second kappa shape index (κ2) is 4.95. The van der Waals surface area contributed by atoms with Crippen LogP contribution in [0.5, 0.6) is 0 Å². The monoisotopic (exact) mass is 276 g/mol. The van der Waals surface area contributed by atoms with E-state index < -0.39 is 9.67 Å². The molecule has 0 aliphatic heterocycles. The lowest BCUT2D eigenvalue weighted by atomic mass is 10.1. The standard InChI is InChI=1S/C8H5Cl5/c9-6-4(7(10)11)2-1-3-5(6)8(12)13/h1-3,7-8H. The van der Waals surface area contributed by atoms with Crippen LogP contribution in [0.3, 0.4) is 0 Å². The lowest BCUT2D eigenvalue weighted by Gasteiger charge is -2.10. The topological polar surface area (TPSA) is 0 Å². The first kappa shape index (κ1) is 11.7. The summed E-state index contributed by atoms with van der Waals surface area (Å²) in [6.45, 7) is 0. The minimum Gasteiger partial charge on any atom is -0.100 e. The molecule has 0 N–H and O–H groups in total. The van der Waals surface area contributed by atoms with Gasteiger partial charge in [-0.15, -0.1) is 46.4 Å². The first-order chi connectivity index (χ1) is 6.04. The van der Waals surface area contributed by atoms with E-state index in [0.29, 0.717) is 16.1 Å². The molecule has 0 spiro atoms. The van der Waals surface area contributed by atoms with E-state index in [4.69, 9.17) is 58.0 Å². The minimum atomic E-state index is -0.667. The Balaban J connectivity index is 3.18. The maximum Gasteiger partial charge on any atom is 0.134 e. The Kier molecular flexibility index (Phi) is 4.47. The van der Waals surface area contributed by atoms with Crippen LogP contribution in [0.4, 0.5) is 0 Å². The number of hydrogen-bond donors (Lipinski definition) is 0. The Hall–Kier alpha value is 0.670. The largest absolute Gasteiger partial charge is 0.134 e. The van der Waals surface area contributed by atoms with Gasteiger partial charge in [-0.2, -0.15) is 0 Å². The van der Waals surface area contributed by atoms with Crippen molar-refractivity contribution >= 4 is 58.0 Å². The quantitative estimate of drug-likeness (QED) is 0.645. The van der Waals surface area contributed by atoms with Crippen molar-refractivity contribution in [3.63, 3.8) is 0 Å². The van der Waals surface area contributed by atoms with Crippen molar-refractivity contribution < 1.29 is 0 Å². The molecule has 1 aromatic rings. The predicted octanol–water partition coefficient (Wildman–Crippen LogP) is 5.29. The van der Waals surface area contributed by atoms with Gasteiger partial charge in [0.25, 0.3) is 0 Å². The van der Waals surface area contributed by atoms with E-state index in [0.717, 1.165) is 0 Å². The molecule has 0 radical (unpaired) electrons. The molecule has 1 rings (SSSR count). The van der Waals surface area contributed by atoms with Gasteiger partial charge in [0.2, 0.25) is 0 Å². The van der Waals surface area contributed by atoms with Crippen LogP contribution in [-0.2, 0) is 0 Å². The molecule has 0 aliphatic rings. The third-order valence-corrected chi connectivity index (χ3v) is 2.91. The second-order valence-corrected chi connectivity index (χ2v) is 4.92. The smallest absolute Gasteiger partial charge is 0.100 e. The highest BCUT2D eigenvalue weighted by Gasteiger charge is 2.15. The first-order valence-corrected chi connectivity index (χ1v) is 5.51. The highest BCUT2D eigenvalue weighted by Crippen LogP contribution is 2.38. The molecular weight excluding hydrogens is 273 g/mol. The van der Waals surface area contributed by atoms with Crippen LogP contribution in [0.1, 0.15) is 20.8 Å². The van der Waals surface area contributed by atoms with Gasteiger partial charge >= 0.3 is 0 Å². The molecule has 0 bridgehead atoms. The summed E-state index contributed by atoms with van der Waals surface area (Å²) in [7, 11) is 0.